The molecule has 0 spiro atoms. The van der Waals surface area contributed by atoms with Crippen molar-refractivity contribution in [3.05, 3.63) is 35.9 Å². The van der Waals surface area contributed by atoms with Gasteiger partial charge in [0.2, 0.25) is 6.08 Å². The molecular weight excluding hydrogens is 232 g/mol. The first-order valence-corrected chi connectivity index (χ1v) is 5.54. The summed E-state index contributed by atoms with van der Waals surface area (Å²) in [7, 11) is 0. The highest BCUT2D eigenvalue weighted by Gasteiger charge is 2.19. The Labute approximate surface area is 106 Å². The van der Waals surface area contributed by atoms with Gasteiger partial charge < -0.3 is 4.74 Å². The Morgan fingerprint density at radius 1 is 1.33 bits per heavy atom. The highest BCUT2D eigenvalue weighted by atomic mass is 16.6. The largest absolute Gasteiger partial charge is 0.444 e. The minimum Gasteiger partial charge on any atom is -0.444 e. The fourth-order valence-electron chi connectivity index (χ4n) is 1.30. The van der Waals surface area contributed by atoms with Crippen molar-refractivity contribution in [1.82, 2.24) is 5.32 Å². The summed E-state index contributed by atoms with van der Waals surface area (Å²) in [6, 6.07) is 8.92. The van der Waals surface area contributed by atoms with Gasteiger partial charge in [-0.15, -0.1) is 0 Å². The van der Waals surface area contributed by atoms with Gasteiger partial charge in [-0.1, -0.05) is 30.3 Å². The zero-order valence-electron chi connectivity index (χ0n) is 10.6. The van der Waals surface area contributed by atoms with Crippen molar-refractivity contribution in [3.8, 4) is 0 Å². The molecule has 5 nitrogen and oxygen atoms in total. The lowest BCUT2D eigenvalue weighted by Crippen LogP contribution is -2.34. The van der Waals surface area contributed by atoms with E-state index in [1.165, 1.54) is 6.08 Å². The Morgan fingerprint density at radius 2 is 1.94 bits per heavy atom. The fraction of sp³-hybridized carbons (Fsp3) is 0.385. The van der Waals surface area contributed by atoms with Gasteiger partial charge in [-0.05, 0) is 26.3 Å². The third-order valence-electron chi connectivity index (χ3n) is 1.95. The quantitative estimate of drug-likeness (QED) is 0.660. The van der Waals surface area contributed by atoms with Crippen molar-refractivity contribution in [3.63, 3.8) is 0 Å². The zero-order chi connectivity index (χ0) is 13.6. The summed E-state index contributed by atoms with van der Waals surface area (Å²) in [5.41, 5.74) is 0.0858. The summed E-state index contributed by atoms with van der Waals surface area (Å²) < 4.78 is 5.10. The molecule has 1 amide bonds. The molecule has 0 heterocycles. The molecule has 1 aromatic carbocycles. The van der Waals surface area contributed by atoms with E-state index in [9.17, 15) is 9.59 Å². The van der Waals surface area contributed by atoms with Crippen LogP contribution in [0.3, 0.4) is 0 Å². The standard InChI is InChI=1S/C13H16N2O3/c1-13(2,3)18-12(17)15-11(14-9-16)10-7-5-4-6-8-10/h4-8,11H,1-3H3,(H,15,17). The zero-order valence-corrected chi connectivity index (χ0v) is 10.6. The fourth-order valence-corrected chi connectivity index (χ4v) is 1.30. The smallest absolute Gasteiger partial charge is 0.409 e. The predicted molar refractivity (Wildman–Crippen MR) is 66.7 cm³/mol. The maximum absolute atomic E-state index is 11.6. The molecule has 0 fully saturated rings. The van der Waals surface area contributed by atoms with E-state index in [2.05, 4.69) is 10.3 Å². The molecular formula is C13H16N2O3. The van der Waals surface area contributed by atoms with Gasteiger partial charge in [0.25, 0.3) is 0 Å². The lowest BCUT2D eigenvalue weighted by molar-refractivity contribution is 0.0505. The normalized spacial score (nSPS) is 12.2. The number of ether oxygens (including phenoxy) is 1. The van der Waals surface area contributed by atoms with Crippen molar-refractivity contribution in [2.75, 3.05) is 0 Å². The third-order valence-corrected chi connectivity index (χ3v) is 1.95. The van der Waals surface area contributed by atoms with E-state index in [-0.39, 0.29) is 0 Å². The molecule has 0 aliphatic carbocycles. The van der Waals surface area contributed by atoms with E-state index < -0.39 is 17.9 Å². The highest BCUT2D eigenvalue weighted by Crippen LogP contribution is 2.14. The monoisotopic (exact) mass is 248 g/mol. The minimum absolute atomic E-state index is 0.601. The average Bonchev–Trinajstić information content (AvgIpc) is 2.27. The summed E-state index contributed by atoms with van der Waals surface area (Å²) in [6.07, 6.45) is 0.0308. The molecule has 0 bridgehead atoms. The molecule has 0 aromatic heterocycles. The summed E-state index contributed by atoms with van der Waals surface area (Å²) in [6.45, 7) is 5.27. The molecule has 5 heteroatoms. The Morgan fingerprint density at radius 3 is 2.44 bits per heavy atom. The van der Waals surface area contributed by atoms with Crippen LogP contribution in [-0.4, -0.2) is 17.8 Å². The van der Waals surface area contributed by atoms with Crippen LogP contribution >= 0.6 is 0 Å². The van der Waals surface area contributed by atoms with Gasteiger partial charge in [0.05, 0.1) is 0 Å². The molecule has 1 N–H and O–H groups in total. The number of carbonyl (C=O) groups is 1. The first kappa shape index (κ1) is 13.9. The van der Waals surface area contributed by atoms with Crippen LogP contribution in [0.25, 0.3) is 0 Å². The van der Waals surface area contributed by atoms with Gasteiger partial charge in [0, 0.05) is 0 Å². The van der Waals surface area contributed by atoms with Crippen LogP contribution in [0, 0.1) is 0 Å². The van der Waals surface area contributed by atoms with Crippen molar-refractivity contribution >= 4 is 12.2 Å². The summed E-state index contributed by atoms with van der Waals surface area (Å²) >= 11 is 0. The Hall–Kier alpha value is -2.13. The first-order valence-electron chi connectivity index (χ1n) is 5.54. The molecule has 18 heavy (non-hydrogen) atoms. The maximum atomic E-state index is 11.6. The SMILES string of the molecule is CC(C)(C)OC(=O)NC(N=C=O)c1ccccc1. The van der Waals surface area contributed by atoms with Gasteiger partial charge in [-0.3, -0.25) is 5.32 Å². The number of carbonyl (C=O) groups excluding carboxylic acids is 2. The lowest BCUT2D eigenvalue weighted by atomic mass is 10.2. The number of aliphatic imine (C=N–C) groups is 1. The topological polar surface area (TPSA) is 67.8 Å². The maximum Gasteiger partial charge on any atom is 0.409 e. The van der Waals surface area contributed by atoms with E-state index in [1.807, 2.05) is 6.07 Å². The van der Waals surface area contributed by atoms with Crippen molar-refractivity contribution < 1.29 is 14.3 Å². The molecule has 1 rings (SSSR count). The second-order valence-electron chi connectivity index (χ2n) is 4.68. The molecule has 96 valence electrons. The average molecular weight is 248 g/mol. The summed E-state index contributed by atoms with van der Waals surface area (Å²) in [5, 5.41) is 2.50. The number of nitrogens with one attached hydrogen (secondary N) is 1. The Kier molecular flexibility index (Phi) is 4.63. The second kappa shape index (κ2) is 5.98. The number of hydrogen-bond donors (Lipinski definition) is 1. The molecule has 0 aliphatic heterocycles. The summed E-state index contributed by atoms with van der Waals surface area (Å²) in [5.74, 6) is 0. The van der Waals surface area contributed by atoms with Gasteiger partial charge in [-0.25, -0.2) is 9.59 Å². The molecule has 0 saturated heterocycles. The van der Waals surface area contributed by atoms with Crippen LogP contribution in [-0.2, 0) is 9.53 Å². The van der Waals surface area contributed by atoms with Crippen LogP contribution in [0.4, 0.5) is 4.79 Å². The van der Waals surface area contributed by atoms with E-state index in [1.54, 1.807) is 45.0 Å². The number of alkyl carbamates (subject to hydrolysis) is 1. The van der Waals surface area contributed by atoms with E-state index in [4.69, 9.17) is 4.74 Å². The van der Waals surface area contributed by atoms with Crippen molar-refractivity contribution in [2.24, 2.45) is 4.99 Å². The van der Waals surface area contributed by atoms with E-state index in [0.29, 0.717) is 5.56 Å². The van der Waals surface area contributed by atoms with Crippen LogP contribution in [0.15, 0.2) is 35.3 Å². The van der Waals surface area contributed by atoms with Crippen LogP contribution < -0.4 is 5.32 Å². The number of rotatable bonds is 3. The van der Waals surface area contributed by atoms with Gasteiger partial charge in [0.15, 0.2) is 6.17 Å². The van der Waals surface area contributed by atoms with Crippen molar-refractivity contribution in [1.29, 1.82) is 0 Å². The number of nitrogens with zero attached hydrogens (tertiary/aromatic N) is 1. The number of hydrogen-bond acceptors (Lipinski definition) is 4. The lowest BCUT2D eigenvalue weighted by Gasteiger charge is -2.21. The minimum atomic E-state index is -0.779. The third kappa shape index (κ3) is 4.80. The Balaban J connectivity index is 2.76. The second-order valence-corrected chi connectivity index (χ2v) is 4.68. The van der Waals surface area contributed by atoms with E-state index in [0.717, 1.165) is 0 Å². The molecule has 1 aromatic rings. The Bertz CT molecular complexity index is 445. The van der Waals surface area contributed by atoms with Crippen LogP contribution in [0.1, 0.15) is 32.5 Å². The van der Waals surface area contributed by atoms with E-state index >= 15 is 0 Å². The van der Waals surface area contributed by atoms with Gasteiger partial charge >= 0.3 is 6.09 Å². The number of isocyanates is 1. The molecule has 0 radical (unpaired) electrons. The number of amides is 1. The van der Waals surface area contributed by atoms with Gasteiger partial charge in [-0.2, -0.15) is 4.99 Å². The molecule has 1 atom stereocenters. The molecule has 1 unspecified atom stereocenters. The van der Waals surface area contributed by atoms with Gasteiger partial charge in [0.1, 0.15) is 5.60 Å². The molecule has 0 aliphatic rings. The molecule has 0 saturated carbocycles. The van der Waals surface area contributed by atoms with Crippen LogP contribution in [0.2, 0.25) is 0 Å². The van der Waals surface area contributed by atoms with Crippen molar-refractivity contribution in [2.45, 2.75) is 32.5 Å². The number of benzene rings is 1. The first-order chi connectivity index (χ1) is 8.42. The van der Waals surface area contributed by atoms with Crippen LogP contribution in [0.5, 0.6) is 0 Å². The predicted octanol–water partition coefficient (Wildman–Crippen LogP) is 2.55. The summed E-state index contributed by atoms with van der Waals surface area (Å²) in [4.78, 5) is 25.5. The highest BCUT2D eigenvalue weighted by molar-refractivity contribution is 5.68.